The van der Waals surface area contributed by atoms with Crippen molar-refractivity contribution in [2.75, 3.05) is 13.6 Å². The Morgan fingerprint density at radius 1 is 1.19 bits per heavy atom. The summed E-state index contributed by atoms with van der Waals surface area (Å²) in [5.41, 5.74) is 1.17. The Morgan fingerprint density at radius 2 is 1.95 bits per heavy atom. The van der Waals surface area contributed by atoms with Crippen molar-refractivity contribution >= 4 is 22.9 Å². The van der Waals surface area contributed by atoms with Gasteiger partial charge in [0.05, 0.1) is 5.52 Å². The van der Waals surface area contributed by atoms with Gasteiger partial charge in [-0.05, 0) is 12.1 Å². The van der Waals surface area contributed by atoms with Crippen LogP contribution < -0.4 is 16.4 Å². The Balaban J connectivity index is 1.90. The number of nitrogens with zero attached hydrogens (tertiary/aromatic N) is 1. The highest BCUT2D eigenvalue weighted by Crippen LogP contribution is 2.11. The average molecular weight is 291 g/mol. The summed E-state index contributed by atoms with van der Waals surface area (Å²) < 4.78 is 6.51. The highest BCUT2D eigenvalue weighted by Gasteiger charge is 2.10. The minimum atomic E-state index is -0.477. The molecular formula is C14H17N3O4. The number of para-hydroxylation sites is 2. The Bertz CT molecular complexity index is 702. The summed E-state index contributed by atoms with van der Waals surface area (Å²) in [4.78, 5) is 34.4. The number of carbonyl (C=O) groups excluding carboxylic acids is 2. The third kappa shape index (κ3) is 3.71. The van der Waals surface area contributed by atoms with E-state index < -0.39 is 5.76 Å². The molecule has 7 heteroatoms. The first-order valence-electron chi connectivity index (χ1n) is 6.67. The number of rotatable bonds is 6. The minimum Gasteiger partial charge on any atom is -0.408 e. The van der Waals surface area contributed by atoms with Gasteiger partial charge in [0.15, 0.2) is 5.58 Å². The zero-order valence-corrected chi connectivity index (χ0v) is 11.7. The summed E-state index contributed by atoms with van der Waals surface area (Å²) in [6, 6.07) is 7.05. The number of aryl methyl sites for hydroxylation is 1. The molecule has 0 aliphatic rings. The van der Waals surface area contributed by atoms with Crippen LogP contribution in [0.5, 0.6) is 0 Å². The molecule has 2 N–H and O–H groups in total. The van der Waals surface area contributed by atoms with Crippen molar-refractivity contribution in [3.8, 4) is 0 Å². The van der Waals surface area contributed by atoms with Crippen LogP contribution >= 0.6 is 0 Å². The van der Waals surface area contributed by atoms with Crippen molar-refractivity contribution in [2.24, 2.45) is 0 Å². The maximum atomic E-state index is 11.7. The number of fused-ring (bicyclic) bond motifs is 1. The van der Waals surface area contributed by atoms with E-state index in [0.29, 0.717) is 11.1 Å². The van der Waals surface area contributed by atoms with Gasteiger partial charge in [0.25, 0.3) is 0 Å². The summed E-state index contributed by atoms with van der Waals surface area (Å²) in [7, 11) is 1.54. The van der Waals surface area contributed by atoms with Gasteiger partial charge in [0, 0.05) is 33.0 Å². The summed E-state index contributed by atoms with van der Waals surface area (Å²) >= 11 is 0. The van der Waals surface area contributed by atoms with Crippen LogP contribution in [-0.2, 0) is 16.1 Å². The minimum absolute atomic E-state index is 0.132. The zero-order valence-electron chi connectivity index (χ0n) is 11.7. The molecule has 7 nitrogen and oxygen atoms in total. The first-order chi connectivity index (χ1) is 10.1. The molecule has 0 atom stereocenters. The van der Waals surface area contributed by atoms with E-state index in [9.17, 15) is 14.4 Å². The lowest BCUT2D eigenvalue weighted by atomic mass is 10.3. The molecule has 0 saturated heterocycles. The third-order valence-corrected chi connectivity index (χ3v) is 3.09. The van der Waals surface area contributed by atoms with E-state index >= 15 is 0 Å². The van der Waals surface area contributed by atoms with E-state index in [4.69, 9.17) is 4.42 Å². The number of carbonyl (C=O) groups is 2. The van der Waals surface area contributed by atoms with Crippen molar-refractivity contribution in [1.82, 2.24) is 15.2 Å². The molecule has 0 aliphatic carbocycles. The number of benzene rings is 1. The van der Waals surface area contributed by atoms with E-state index in [1.54, 1.807) is 31.3 Å². The topological polar surface area (TPSA) is 93.3 Å². The number of aromatic nitrogens is 1. The van der Waals surface area contributed by atoms with Crippen LogP contribution in [0, 0.1) is 0 Å². The van der Waals surface area contributed by atoms with Gasteiger partial charge in [-0.3, -0.25) is 14.2 Å². The smallest absolute Gasteiger partial charge is 0.408 e. The number of hydrogen-bond acceptors (Lipinski definition) is 4. The highest BCUT2D eigenvalue weighted by molar-refractivity contribution is 5.79. The van der Waals surface area contributed by atoms with Gasteiger partial charge in [-0.25, -0.2) is 4.79 Å². The quantitative estimate of drug-likeness (QED) is 0.797. The lowest BCUT2D eigenvalue weighted by Crippen LogP contribution is -2.30. The Hall–Kier alpha value is -2.57. The van der Waals surface area contributed by atoms with Crippen molar-refractivity contribution in [2.45, 2.75) is 19.4 Å². The van der Waals surface area contributed by atoms with E-state index in [0.717, 1.165) is 0 Å². The molecule has 1 heterocycles. The van der Waals surface area contributed by atoms with E-state index in [-0.39, 0.29) is 37.7 Å². The maximum Gasteiger partial charge on any atom is 0.419 e. The van der Waals surface area contributed by atoms with Crippen LogP contribution in [0.1, 0.15) is 12.8 Å². The zero-order chi connectivity index (χ0) is 15.2. The van der Waals surface area contributed by atoms with Crippen LogP contribution in [0.4, 0.5) is 0 Å². The molecule has 1 aromatic carbocycles. The number of hydrogen-bond donors (Lipinski definition) is 2. The van der Waals surface area contributed by atoms with Gasteiger partial charge in [-0.1, -0.05) is 12.1 Å². The van der Waals surface area contributed by atoms with Gasteiger partial charge in [0.2, 0.25) is 11.8 Å². The maximum absolute atomic E-state index is 11.7. The van der Waals surface area contributed by atoms with Crippen LogP contribution in [0.3, 0.4) is 0 Å². The van der Waals surface area contributed by atoms with Crippen LogP contribution in [-0.4, -0.2) is 30.0 Å². The largest absolute Gasteiger partial charge is 0.419 e. The summed E-state index contributed by atoms with van der Waals surface area (Å²) in [6.45, 7) is 0.515. The predicted octanol–water partition coefficient (Wildman–Crippen LogP) is 0.237. The molecule has 0 spiro atoms. The molecule has 112 valence electrons. The lowest BCUT2D eigenvalue weighted by molar-refractivity contribution is -0.122. The fourth-order valence-electron chi connectivity index (χ4n) is 1.97. The van der Waals surface area contributed by atoms with Gasteiger partial charge < -0.3 is 15.1 Å². The predicted molar refractivity (Wildman–Crippen MR) is 76.8 cm³/mol. The average Bonchev–Trinajstić information content (AvgIpc) is 2.80. The molecule has 2 rings (SSSR count). The normalized spacial score (nSPS) is 10.5. The first-order valence-corrected chi connectivity index (χ1v) is 6.67. The van der Waals surface area contributed by atoms with Crippen molar-refractivity contribution in [3.05, 3.63) is 34.8 Å². The molecule has 2 amide bonds. The lowest BCUT2D eigenvalue weighted by Gasteiger charge is -2.05. The standard InChI is InChI=1S/C14H17N3O4/c1-15-12(18)6-8-16-13(19)7-9-17-10-4-2-3-5-11(10)21-14(17)20/h2-5H,6-9H2,1H3,(H,15,18)(H,16,19). The van der Waals surface area contributed by atoms with E-state index in [1.807, 2.05) is 0 Å². The van der Waals surface area contributed by atoms with Gasteiger partial charge in [-0.15, -0.1) is 0 Å². The number of nitrogens with one attached hydrogen (secondary N) is 2. The Kier molecular flexibility index (Phi) is 4.76. The van der Waals surface area contributed by atoms with E-state index in [1.165, 1.54) is 4.57 Å². The molecule has 1 aromatic heterocycles. The van der Waals surface area contributed by atoms with Crippen LogP contribution in [0.2, 0.25) is 0 Å². The van der Waals surface area contributed by atoms with Gasteiger partial charge in [0.1, 0.15) is 0 Å². The molecule has 0 fully saturated rings. The number of amides is 2. The molecule has 21 heavy (non-hydrogen) atoms. The van der Waals surface area contributed by atoms with Gasteiger partial charge >= 0.3 is 5.76 Å². The fourth-order valence-corrected chi connectivity index (χ4v) is 1.97. The van der Waals surface area contributed by atoms with Crippen molar-refractivity contribution < 1.29 is 14.0 Å². The summed E-state index contributed by atoms with van der Waals surface area (Å²) in [5.74, 6) is -0.821. The summed E-state index contributed by atoms with van der Waals surface area (Å²) in [6.07, 6.45) is 0.383. The van der Waals surface area contributed by atoms with Gasteiger partial charge in [-0.2, -0.15) is 0 Å². The Morgan fingerprint density at radius 3 is 2.71 bits per heavy atom. The fraction of sp³-hybridized carbons (Fsp3) is 0.357. The number of oxazole rings is 1. The molecule has 0 radical (unpaired) electrons. The molecule has 2 aromatic rings. The second-order valence-electron chi connectivity index (χ2n) is 4.51. The monoisotopic (exact) mass is 291 g/mol. The molecule has 0 aliphatic heterocycles. The van der Waals surface area contributed by atoms with Crippen molar-refractivity contribution in [3.63, 3.8) is 0 Å². The molecule has 0 bridgehead atoms. The van der Waals surface area contributed by atoms with E-state index in [2.05, 4.69) is 10.6 Å². The molecule has 0 unspecified atom stereocenters. The molecular weight excluding hydrogens is 274 g/mol. The second kappa shape index (κ2) is 6.74. The first kappa shape index (κ1) is 14.8. The Labute approximate surface area is 120 Å². The third-order valence-electron chi connectivity index (χ3n) is 3.09. The second-order valence-corrected chi connectivity index (χ2v) is 4.51. The van der Waals surface area contributed by atoms with Crippen LogP contribution in [0.15, 0.2) is 33.5 Å². The SMILES string of the molecule is CNC(=O)CCNC(=O)CCn1c(=O)oc2ccccc21. The molecule has 0 saturated carbocycles. The van der Waals surface area contributed by atoms with Crippen LogP contribution in [0.25, 0.3) is 11.1 Å². The summed E-state index contributed by atoms with van der Waals surface area (Å²) in [5, 5.41) is 5.10. The highest BCUT2D eigenvalue weighted by atomic mass is 16.4. The van der Waals surface area contributed by atoms with Crippen molar-refractivity contribution in [1.29, 1.82) is 0 Å².